The number of carbonyl (C=O) groups is 1. The van der Waals surface area contributed by atoms with Gasteiger partial charge in [0.25, 0.3) is 5.91 Å². The largest absolute Gasteiger partial charge is 0.493 e. The van der Waals surface area contributed by atoms with Crippen LogP contribution in [-0.4, -0.2) is 30.1 Å². The highest BCUT2D eigenvalue weighted by Crippen LogP contribution is 2.30. The quantitative estimate of drug-likeness (QED) is 0.736. The average Bonchev–Trinajstić information content (AvgIpc) is 3.04. The van der Waals surface area contributed by atoms with Gasteiger partial charge in [-0.25, -0.2) is 4.98 Å². The van der Waals surface area contributed by atoms with Crippen LogP contribution in [0, 0.1) is 0 Å². The van der Waals surface area contributed by atoms with E-state index in [-0.39, 0.29) is 11.0 Å². The summed E-state index contributed by atoms with van der Waals surface area (Å²) in [5.41, 5.74) is 0.960. The fourth-order valence-corrected chi connectivity index (χ4v) is 2.40. The van der Waals surface area contributed by atoms with Gasteiger partial charge in [-0.3, -0.25) is 4.79 Å². The number of aromatic amines is 1. The molecule has 3 rings (SSSR count). The predicted octanol–water partition coefficient (Wildman–Crippen LogP) is 3.85. The van der Waals surface area contributed by atoms with Gasteiger partial charge in [0.1, 0.15) is 0 Å². The monoisotopic (exact) mass is 365 g/mol. The van der Waals surface area contributed by atoms with Gasteiger partial charge in [0.2, 0.25) is 5.82 Å². The van der Waals surface area contributed by atoms with Gasteiger partial charge >= 0.3 is 6.18 Å². The normalized spacial score (nSPS) is 11.4. The molecule has 1 heterocycles. The summed E-state index contributed by atoms with van der Waals surface area (Å²) in [6.45, 7) is 0. The number of H-pyrrole nitrogens is 1. The summed E-state index contributed by atoms with van der Waals surface area (Å²) in [4.78, 5) is 18.0. The van der Waals surface area contributed by atoms with E-state index in [1.54, 1.807) is 12.1 Å². The number of imidazole rings is 1. The summed E-state index contributed by atoms with van der Waals surface area (Å²) in [6, 6.07) is 8.89. The molecule has 26 heavy (non-hydrogen) atoms. The summed E-state index contributed by atoms with van der Waals surface area (Å²) in [6.07, 6.45) is -4.57. The molecule has 0 bridgehead atoms. The van der Waals surface area contributed by atoms with Gasteiger partial charge in [0.15, 0.2) is 11.5 Å². The fourth-order valence-electron chi connectivity index (χ4n) is 2.40. The van der Waals surface area contributed by atoms with Crippen LogP contribution in [0.1, 0.15) is 16.2 Å². The van der Waals surface area contributed by atoms with Crippen LogP contribution in [0.15, 0.2) is 36.4 Å². The van der Waals surface area contributed by atoms with Gasteiger partial charge in [-0.15, -0.1) is 0 Å². The molecule has 1 aromatic heterocycles. The molecule has 9 heteroatoms. The number of nitrogens with one attached hydrogen (secondary N) is 2. The van der Waals surface area contributed by atoms with Crippen molar-refractivity contribution in [2.24, 2.45) is 0 Å². The van der Waals surface area contributed by atoms with Crippen LogP contribution in [0.3, 0.4) is 0 Å². The zero-order valence-electron chi connectivity index (χ0n) is 13.8. The lowest BCUT2D eigenvalue weighted by molar-refractivity contribution is -0.144. The molecule has 0 atom stereocenters. The second-order valence-corrected chi connectivity index (χ2v) is 5.34. The molecule has 0 saturated heterocycles. The molecule has 0 aliphatic heterocycles. The Hall–Kier alpha value is -3.23. The first kappa shape index (κ1) is 17.6. The molecule has 0 unspecified atom stereocenters. The topological polar surface area (TPSA) is 76.2 Å². The van der Waals surface area contributed by atoms with Gasteiger partial charge < -0.3 is 19.8 Å². The molecular weight excluding hydrogens is 351 g/mol. The molecule has 0 fully saturated rings. The lowest BCUT2D eigenvalue weighted by Gasteiger charge is -2.10. The summed E-state index contributed by atoms with van der Waals surface area (Å²) in [5, 5.41) is 2.62. The third-order valence-electron chi connectivity index (χ3n) is 3.65. The first-order valence-corrected chi connectivity index (χ1v) is 7.42. The SMILES string of the molecule is COc1ccc(C(=O)Nc2ccc3nc(C(F)(F)F)[nH]c3c2)cc1OC. The van der Waals surface area contributed by atoms with Gasteiger partial charge in [-0.2, -0.15) is 13.2 Å². The summed E-state index contributed by atoms with van der Waals surface area (Å²) < 4.78 is 48.4. The number of nitrogens with zero attached hydrogens (tertiary/aromatic N) is 1. The zero-order valence-corrected chi connectivity index (χ0v) is 13.8. The van der Waals surface area contributed by atoms with E-state index in [1.807, 2.05) is 0 Å². The lowest BCUT2D eigenvalue weighted by Crippen LogP contribution is -2.12. The minimum absolute atomic E-state index is 0.154. The van der Waals surface area contributed by atoms with E-state index in [1.165, 1.54) is 38.5 Å². The van der Waals surface area contributed by atoms with E-state index in [9.17, 15) is 18.0 Å². The number of hydrogen-bond donors (Lipinski definition) is 2. The Bertz CT molecular complexity index is 967. The molecule has 3 aromatic rings. The van der Waals surface area contributed by atoms with Crippen LogP contribution in [0.5, 0.6) is 11.5 Å². The molecule has 0 aliphatic carbocycles. The van der Waals surface area contributed by atoms with Crippen molar-refractivity contribution < 1.29 is 27.4 Å². The van der Waals surface area contributed by atoms with Crippen molar-refractivity contribution in [3.63, 3.8) is 0 Å². The highest BCUT2D eigenvalue weighted by Gasteiger charge is 2.34. The maximum Gasteiger partial charge on any atom is 0.449 e. The molecule has 6 nitrogen and oxygen atoms in total. The van der Waals surface area contributed by atoms with E-state index in [0.717, 1.165) is 0 Å². The Morgan fingerprint density at radius 3 is 2.46 bits per heavy atom. The van der Waals surface area contributed by atoms with Gasteiger partial charge in [0, 0.05) is 11.3 Å². The van der Waals surface area contributed by atoms with Gasteiger partial charge in [-0.1, -0.05) is 0 Å². The predicted molar refractivity (Wildman–Crippen MR) is 88.6 cm³/mol. The van der Waals surface area contributed by atoms with Crippen LogP contribution in [-0.2, 0) is 6.18 Å². The maximum atomic E-state index is 12.7. The third-order valence-corrected chi connectivity index (χ3v) is 3.65. The fraction of sp³-hybridized carbons (Fsp3) is 0.176. The zero-order chi connectivity index (χ0) is 18.9. The van der Waals surface area contributed by atoms with Crippen molar-refractivity contribution in [2.45, 2.75) is 6.18 Å². The number of fused-ring (bicyclic) bond motifs is 1. The second kappa shape index (κ2) is 6.58. The molecule has 2 aromatic carbocycles. The van der Waals surface area contributed by atoms with Crippen molar-refractivity contribution >= 4 is 22.6 Å². The minimum Gasteiger partial charge on any atom is -0.493 e. The Balaban J connectivity index is 1.85. The average molecular weight is 365 g/mol. The third kappa shape index (κ3) is 3.41. The number of methoxy groups -OCH3 is 2. The molecule has 0 radical (unpaired) electrons. The summed E-state index contributed by atoms with van der Waals surface area (Å²) >= 11 is 0. The smallest absolute Gasteiger partial charge is 0.449 e. The van der Waals surface area contributed by atoms with Crippen molar-refractivity contribution in [3.8, 4) is 11.5 Å². The first-order chi connectivity index (χ1) is 12.3. The number of ether oxygens (including phenoxy) is 2. The number of carbonyl (C=O) groups excluding carboxylic acids is 1. The van der Waals surface area contributed by atoms with Gasteiger partial charge in [0.05, 0.1) is 25.3 Å². The highest BCUT2D eigenvalue weighted by atomic mass is 19.4. The van der Waals surface area contributed by atoms with Crippen LogP contribution in [0.25, 0.3) is 11.0 Å². The van der Waals surface area contributed by atoms with Crippen molar-refractivity contribution in [1.82, 2.24) is 9.97 Å². The number of halogens is 3. The lowest BCUT2D eigenvalue weighted by atomic mass is 10.1. The molecule has 136 valence electrons. The number of anilines is 1. The number of hydrogen-bond acceptors (Lipinski definition) is 4. The Morgan fingerprint density at radius 1 is 1.08 bits per heavy atom. The molecule has 2 N–H and O–H groups in total. The van der Waals surface area contributed by atoms with E-state index < -0.39 is 17.9 Å². The van der Waals surface area contributed by atoms with E-state index >= 15 is 0 Å². The first-order valence-electron chi connectivity index (χ1n) is 7.42. The number of rotatable bonds is 4. The van der Waals surface area contributed by atoms with Crippen LogP contribution in [0.4, 0.5) is 18.9 Å². The van der Waals surface area contributed by atoms with Crippen LogP contribution < -0.4 is 14.8 Å². The Kier molecular flexibility index (Phi) is 4.45. The maximum absolute atomic E-state index is 12.7. The summed E-state index contributed by atoms with van der Waals surface area (Å²) in [7, 11) is 2.93. The van der Waals surface area contributed by atoms with Crippen molar-refractivity contribution in [3.05, 3.63) is 47.8 Å². The van der Waals surface area contributed by atoms with Crippen LogP contribution in [0.2, 0.25) is 0 Å². The van der Waals surface area contributed by atoms with Crippen molar-refractivity contribution in [1.29, 1.82) is 0 Å². The molecule has 1 amide bonds. The molecule has 0 spiro atoms. The van der Waals surface area contributed by atoms with Gasteiger partial charge in [-0.05, 0) is 36.4 Å². The highest BCUT2D eigenvalue weighted by molar-refractivity contribution is 6.05. The molecule has 0 saturated carbocycles. The van der Waals surface area contributed by atoms with E-state index in [4.69, 9.17) is 9.47 Å². The van der Waals surface area contributed by atoms with Crippen molar-refractivity contribution in [2.75, 3.05) is 19.5 Å². The Labute approximate surface area is 145 Å². The van der Waals surface area contributed by atoms with Crippen LogP contribution >= 0.6 is 0 Å². The second-order valence-electron chi connectivity index (χ2n) is 5.34. The molecule has 0 aliphatic rings. The van der Waals surface area contributed by atoms with E-state index in [2.05, 4.69) is 15.3 Å². The Morgan fingerprint density at radius 2 is 1.81 bits per heavy atom. The molecular formula is C17H14F3N3O3. The summed E-state index contributed by atoms with van der Waals surface area (Å²) in [5.74, 6) is -0.668. The number of alkyl halides is 3. The number of benzene rings is 2. The number of amides is 1. The number of aromatic nitrogens is 2. The minimum atomic E-state index is -4.57. The van der Waals surface area contributed by atoms with E-state index in [0.29, 0.717) is 22.7 Å². The standard InChI is InChI=1S/C17H14F3N3O3/c1-25-13-6-3-9(7-14(13)26-2)15(24)21-10-4-5-11-12(8-10)23-16(22-11)17(18,19)20/h3-8H,1-2H3,(H,21,24)(H,22,23).